The molecular weight excluding hydrogens is 402 g/mol. The summed E-state index contributed by atoms with van der Waals surface area (Å²) in [5.41, 5.74) is 1.68. The van der Waals surface area contributed by atoms with Gasteiger partial charge in [0.2, 0.25) is 10.9 Å². The van der Waals surface area contributed by atoms with Crippen LogP contribution in [0, 0.1) is 13.8 Å². The summed E-state index contributed by atoms with van der Waals surface area (Å²) in [7, 11) is -2.48. The molecule has 0 amide bonds. The lowest BCUT2D eigenvalue weighted by Crippen LogP contribution is -2.34. The van der Waals surface area contributed by atoms with Crippen molar-refractivity contribution in [2.24, 2.45) is 0 Å². The van der Waals surface area contributed by atoms with Gasteiger partial charge in [-0.25, -0.2) is 4.79 Å². The molecule has 1 fully saturated rings. The van der Waals surface area contributed by atoms with Crippen LogP contribution in [-0.2, 0) is 4.57 Å². The zero-order valence-corrected chi connectivity index (χ0v) is 17.6. The van der Waals surface area contributed by atoms with Crippen LogP contribution in [0.1, 0.15) is 57.5 Å². The molecule has 0 bridgehead atoms. The lowest BCUT2D eigenvalue weighted by Gasteiger charge is -2.18. The standard InChI is InChI=1S/C21H20Cl2O3P/c1-13-7-5-8-14(2)17(13)20(25)27(26)21(11-3-4-12-21)19(24)18-15(22)9-6-10-16(18)23/h5-10H,3-4,11-12H2,1-2H3/q+1. The second-order valence-electron chi connectivity index (χ2n) is 7.03. The van der Waals surface area contributed by atoms with Crippen LogP contribution in [0.15, 0.2) is 36.4 Å². The molecule has 0 aromatic heterocycles. The van der Waals surface area contributed by atoms with Crippen molar-refractivity contribution in [2.45, 2.75) is 44.7 Å². The zero-order valence-electron chi connectivity index (χ0n) is 15.2. The number of hydrogen-bond acceptors (Lipinski definition) is 3. The van der Waals surface area contributed by atoms with Crippen molar-refractivity contribution in [3.63, 3.8) is 0 Å². The Morgan fingerprint density at radius 3 is 1.89 bits per heavy atom. The van der Waals surface area contributed by atoms with Gasteiger partial charge in [0.1, 0.15) is 0 Å². The third kappa shape index (κ3) is 3.49. The van der Waals surface area contributed by atoms with E-state index in [1.54, 1.807) is 18.2 Å². The summed E-state index contributed by atoms with van der Waals surface area (Å²) in [6.45, 7) is 3.63. The smallest absolute Gasteiger partial charge is 0.289 e. The minimum Gasteiger partial charge on any atom is -0.289 e. The maximum atomic E-state index is 13.5. The van der Waals surface area contributed by atoms with Crippen molar-refractivity contribution in [1.82, 2.24) is 0 Å². The second kappa shape index (κ2) is 7.83. The van der Waals surface area contributed by atoms with E-state index in [1.165, 1.54) is 0 Å². The number of benzene rings is 2. The van der Waals surface area contributed by atoms with Gasteiger partial charge in [-0.3, -0.25) is 4.79 Å². The zero-order chi connectivity index (χ0) is 19.8. The topological polar surface area (TPSA) is 51.2 Å². The molecule has 0 saturated heterocycles. The van der Waals surface area contributed by atoms with Gasteiger partial charge in [0.25, 0.3) is 0 Å². The minimum atomic E-state index is -2.48. The lowest BCUT2D eigenvalue weighted by molar-refractivity contribution is 0.0931. The maximum Gasteiger partial charge on any atom is 0.434 e. The number of aryl methyl sites for hydroxylation is 2. The highest BCUT2D eigenvalue weighted by molar-refractivity contribution is 7.67. The van der Waals surface area contributed by atoms with Crippen LogP contribution in [0.5, 0.6) is 0 Å². The number of ketones is 1. The maximum absolute atomic E-state index is 13.5. The third-order valence-corrected chi connectivity index (χ3v) is 7.96. The summed E-state index contributed by atoms with van der Waals surface area (Å²) in [6, 6.07) is 10.3. The number of carbonyl (C=O) groups excluding carboxylic acids is 2. The van der Waals surface area contributed by atoms with Crippen LogP contribution < -0.4 is 0 Å². The van der Waals surface area contributed by atoms with Gasteiger partial charge in [-0.05, 0) is 49.9 Å². The molecule has 1 saturated carbocycles. The molecule has 2 aromatic rings. The van der Waals surface area contributed by atoms with Gasteiger partial charge >= 0.3 is 13.3 Å². The fourth-order valence-electron chi connectivity index (χ4n) is 3.88. The molecule has 0 N–H and O–H groups in total. The average Bonchev–Trinajstić information content (AvgIpc) is 3.11. The molecule has 0 aliphatic heterocycles. The van der Waals surface area contributed by atoms with Crippen molar-refractivity contribution >= 4 is 42.3 Å². The predicted octanol–water partition coefficient (Wildman–Crippen LogP) is 6.77. The van der Waals surface area contributed by atoms with Crippen molar-refractivity contribution in [2.75, 3.05) is 0 Å². The SMILES string of the molecule is Cc1cccc(C)c1C(=O)[P+](=O)C1(C(=O)c2c(Cl)cccc2Cl)CCCC1. The summed E-state index contributed by atoms with van der Waals surface area (Å²) in [5, 5.41) is -0.793. The molecular formula is C21H20Cl2O3P+. The molecule has 2 aromatic carbocycles. The third-order valence-electron chi connectivity index (χ3n) is 5.31. The van der Waals surface area contributed by atoms with E-state index in [1.807, 2.05) is 32.0 Å². The molecule has 0 radical (unpaired) electrons. The van der Waals surface area contributed by atoms with Gasteiger partial charge in [-0.15, -0.1) is 0 Å². The molecule has 3 rings (SSSR count). The number of hydrogen-bond donors (Lipinski definition) is 0. The molecule has 140 valence electrons. The Morgan fingerprint density at radius 2 is 1.37 bits per heavy atom. The molecule has 1 atom stereocenters. The first-order valence-corrected chi connectivity index (χ1v) is 10.9. The predicted molar refractivity (Wildman–Crippen MR) is 110 cm³/mol. The van der Waals surface area contributed by atoms with Crippen molar-refractivity contribution in [3.8, 4) is 0 Å². The molecule has 0 spiro atoms. The van der Waals surface area contributed by atoms with E-state index in [9.17, 15) is 14.2 Å². The van der Waals surface area contributed by atoms with Crippen LogP contribution >= 0.6 is 31.0 Å². The number of halogens is 2. The van der Waals surface area contributed by atoms with Gasteiger partial charge in [0.05, 0.1) is 21.2 Å². The van der Waals surface area contributed by atoms with Crippen molar-refractivity contribution < 1.29 is 14.2 Å². The lowest BCUT2D eigenvalue weighted by atomic mass is 9.95. The summed E-state index contributed by atoms with van der Waals surface area (Å²) in [5.74, 6) is -0.378. The molecule has 27 heavy (non-hydrogen) atoms. The van der Waals surface area contributed by atoms with E-state index in [2.05, 4.69) is 0 Å². The quantitative estimate of drug-likeness (QED) is 0.395. The van der Waals surface area contributed by atoms with E-state index >= 15 is 0 Å². The highest BCUT2D eigenvalue weighted by Gasteiger charge is 2.61. The van der Waals surface area contributed by atoms with Gasteiger partial charge < -0.3 is 0 Å². The van der Waals surface area contributed by atoms with E-state index in [0.717, 1.165) is 24.0 Å². The normalized spacial score (nSPS) is 16.2. The fraction of sp³-hybridized carbons (Fsp3) is 0.333. The van der Waals surface area contributed by atoms with E-state index in [4.69, 9.17) is 23.2 Å². The van der Waals surface area contributed by atoms with Gasteiger partial charge in [0.15, 0.2) is 0 Å². The molecule has 6 heteroatoms. The Labute approximate surface area is 169 Å². The van der Waals surface area contributed by atoms with E-state index < -0.39 is 18.5 Å². The summed E-state index contributed by atoms with van der Waals surface area (Å²) in [6.07, 6.45) is 2.29. The van der Waals surface area contributed by atoms with E-state index in [-0.39, 0.29) is 21.4 Å². The van der Waals surface area contributed by atoms with Crippen LogP contribution in [0.4, 0.5) is 0 Å². The monoisotopic (exact) mass is 421 g/mol. The first-order valence-electron chi connectivity index (χ1n) is 8.86. The van der Waals surface area contributed by atoms with Crippen LogP contribution in [0.25, 0.3) is 0 Å². The summed E-state index contributed by atoms with van der Waals surface area (Å²) in [4.78, 5) is 26.6. The largest absolute Gasteiger partial charge is 0.434 e. The Bertz CT molecular complexity index is 906. The Kier molecular flexibility index (Phi) is 5.86. The van der Waals surface area contributed by atoms with Gasteiger partial charge in [-0.2, -0.15) is 0 Å². The molecule has 3 nitrogen and oxygen atoms in total. The van der Waals surface area contributed by atoms with Gasteiger partial charge in [0, 0.05) is 12.8 Å². The van der Waals surface area contributed by atoms with E-state index in [0.29, 0.717) is 18.4 Å². The summed E-state index contributed by atoms with van der Waals surface area (Å²) < 4.78 is 13.5. The number of Topliss-reactive ketones (excluding diaryl/α,β-unsaturated/α-hetero) is 1. The number of carbonyl (C=O) groups is 2. The average molecular weight is 422 g/mol. The highest BCUT2D eigenvalue weighted by Crippen LogP contribution is 2.55. The first kappa shape index (κ1) is 20.2. The number of rotatable bonds is 5. The molecule has 1 unspecified atom stereocenters. The Morgan fingerprint density at radius 1 is 0.889 bits per heavy atom. The van der Waals surface area contributed by atoms with Crippen LogP contribution in [-0.4, -0.2) is 16.5 Å². The Balaban J connectivity index is 2.09. The molecule has 1 aliphatic rings. The summed E-state index contributed by atoms with van der Waals surface area (Å²) >= 11 is 12.5. The highest BCUT2D eigenvalue weighted by atomic mass is 35.5. The minimum absolute atomic E-state index is 0.167. The molecule has 0 heterocycles. The van der Waals surface area contributed by atoms with Crippen LogP contribution in [0.2, 0.25) is 10.0 Å². The van der Waals surface area contributed by atoms with Crippen LogP contribution in [0.3, 0.4) is 0 Å². The molecule has 1 aliphatic carbocycles. The first-order chi connectivity index (χ1) is 12.8. The fourth-order valence-corrected chi connectivity index (χ4v) is 6.41. The Hall–Kier alpha value is -1.54. The second-order valence-corrected chi connectivity index (χ2v) is 9.70. The van der Waals surface area contributed by atoms with Crippen molar-refractivity contribution in [3.05, 3.63) is 68.7 Å². The van der Waals surface area contributed by atoms with Gasteiger partial charge in [-0.1, -0.05) is 52.0 Å². The van der Waals surface area contributed by atoms with Crippen molar-refractivity contribution in [1.29, 1.82) is 0 Å².